The molecule has 1 saturated heterocycles. The van der Waals surface area contributed by atoms with Crippen molar-refractivity contribution in [2.45, 2.75) is 50.0 Å². The average Bonchev–Trinajstić information content (AvgIpc) is 2.68. The Labute approximate surface area is 156 Å². The smallest absolute Gasteiger partial charge is 0.118 e. The molecule has 3 heteroatoms. The van der Waals surface area contributed by atoms with Crippen molar-refractivity contribution in [2.24, 2.45) is 0 Å². The first-order valence-electron chi connectivity index (χ1n) is 9.85. The van der Waals surface area contributed by atoms with E-state index in [1.807, 2.05) is 12.1 Å². The molecule has 3 nitrogen and oxygen atoms in total. The summed E-state index contributed by atoms with van der Waals surface area (Å²) < 4.78 is 5.25. The third-order valence-electron chi connectivity index (χ3n) is 6.52. The van der Waals surface area contributed by atoms with Gasteiger partial charge >= 0.3 is 0 Å². The molecule has 4 rings (SSSR count). The van der Waals surface area contributed by atoms with Crippen molar-refractivity contribution in [1.29, 1.82) is 0 Å². The fourth-order valence-electron chi connectivity index (χ4n) is 5.01. The van der Waals surface area contributed by atoms with Crippen LogP contribution in [0, 0.1) is 0 Å². The molecule has 0 aromatic heterocycles. The maximum atomic E-state index is 9.92. The summed E-state index contributed by atoms with van der Waals surface area (Å²) in [6, 6.07) is 17.1. The Bertz CT molecular complexity index is 742. The zero-order valence-electron chi connectivity index (χ0n) is 15.7. The van der Waals surface area contributed by atoms with Crippen LogP contribution in [0.4, 0.5) is 0 Å². The van der Waals surface area contributed by atoms with E-state index in [0.29, 0.717) is 11.8 Å². The van der Waals surface area contributed by atoms with Crippen molar-refractivity contribution in [3.63, 3.8) is 0 Å². The lowest BCUT2D eigenvalue weighted by molar-refractivity contribution is 0.0524. The Balaban J connectivity index is 1.42. The average molecular weight is 351 g/mol. The van der Waals surface area contributed by atoms with Crippen LogP contribution >= 0.6 is 0 Å². The highest BCUT2D eigenvalue weighted by Crippen LogP contribution is 2.47. The van der Waals surface area contributed by atoms with Gasteiger partial charge in [0.15, 0.2) is 0 Å². The third-order valence-corrected chi connectivity index (χ3v) is 6.52. The summed E-state index contributed by atoms with van der Waals surface area (Å²) in [5.41, 5.74) is 3.00. The molecule has 1 N–H and O–H groups in total. The van der Waals surface area contributed by atoms with Crippen LogP contribution in [-0.4, -0.2) is 36.2 Å². The normalized spacial score (nSPS) is 25.8. The van der Waals surface area contributed by atoms with E-state index in [9.17, 15) is 5.11 Å². The van der Waals surface area contributed by atoms with Crippen molar-refractivity contribution in [3.05, 3.63) is 59.7 Å². The lowest BCUT2D eigenvalue weighted by Crippen LogP contribution is -2.52. The molecule has 1 saturated carbocycles. The SMILES string of the molecule is COc1ccc(CCN2CC[C@]3(c4cccc(O)c4)CCC[C@H]2C3)cc1. The van der Waals surface area contributed by atoms with Crippen LogP contribution in [0.1, 0.15) is 43.2 Å². The van der Waals surface area contributed by atoms with E-state index in [-0.39, 0.29) is 5.41 Å². The van der Waals surface area contributed by atoms with Gasteiger partial charge in [-0.1, -0.05) is 30.7 Å². The topological polar surface area (TPSA) is 32.7 Å². The van der Waals surface area contributed by atoms with Crippen LogP contribution in [-0.2, 0) is 11.8 Å². The second-order valence-electron chi connectivity index (χ2n) is 7.96. The summed E-state index contributed by atoms with van der Waals surface area (Å²) in [4.78, 5) is 2.70. The summed E-state index contributed by atoms with van der Waals surface area (Å²) in [7, 11) is 1.71. The van der Waals surface area contributed by atoms with Crippen molar-refractivity contribution < 1.29 is 9.84 Å². The summed E-state index contributed by atoms with van der Waals surface area (Å²) in [5.74, 6) is 1.33. The van der Waals surface area contributed by atoms with Gasteiger partial charge < -0.3 is 9.84 Å². The molecule has 0 radical (unpaired) electrons. The molecular weight excluding hydrogens is 322 g/mol. The van der Waals surface area contributed by atoms with Gasteiger partial charge in [-0.05, 0) is 79.5 Å². The molecule has 2 aromatic carbocycles. The number of hydrogen-bond acceptors (Lipinski definition) is 3. The highest BCUT2D eigenvalue weighted by molar-refractivity contribution is 5.34. The number of ether oxygens (including phenoxy) is 1. The Morgan fingerprint density at radius 3 is 2.77 bits per heavy atom. The minimum absolute atomic E-state index is 0.276. The van der Waals surface area contributed by atoms with Crippen LogP contribution in [0.25, 0.3) is 0 Å². The fourth-order valence-corrected chi connectivity index (χ4v) is 5.01. The minimum Gasteiger partial charge on any atom is -0.508 e. The lowest BCUT2D eigenvalue weighted by atomic mass is 9.63. The first-order chi connectivity index (χ1) is 12.7. The predicted octanol–water partition coefficient (Wildman–Crippen LogP) is 4.53. The molecule has 26 heavy (non-hydrogen) atoms. The van der Waals surface area contributed by atoms with Gasteiger partial charge in [0.1, 0.15) is 11.5 Å². The van der Waals surface area contributed by atoms with E-state index in [1.54, 1.807) is 13.2 Å². The van der Waals surface area contributed by atoms with Crippen LogP contribution in [0.5, 0.6) is 11.5 Å². The van der Waals surface area contributed by atoms with Crippen molar-refractivity contribution in [1.82, 2.24) is 4.90 Å². The second-order valence-corrected chi connectivity index (χ2v) is 7.96. The summed E-state index contributed by atoms with van der Waals surface area (Å²) in [6.07, 6.45) is 7.40. The Morgan fingerprint density at radius 2 is 2.00 bits per heavy atom. The van der Waals surface area contributed by atoms with E-state index >= 15 is 0 Å². The third kappa shape index (κ3) is 3.45. The van der Waals surface area contributed by atoms with E-state index in [1.165, 1.54) is 43.2 Å². The molecule has 1 heterocycles. The fraction of sp³-hybridized carbons (Fsp3) is 0.478. The highest BCUT2D eigenvalue weighted by atomic mass is 16.5. The number of nitrogens with zero attached hydrogens (tertiary/aromatic N) is 1. The Morgan fingerprint density at radius 1 is 1.15 bits per heavy atom. The molecule has 2 aromatic rings. The first kappa shape index (κ1) is 17.4. The Hall–Kier alpha value is -2.00. The summed E-state index contributed by atoms with van der Waals surface area (Å²) in [5, 5.41) is 9.92. The van der Waals surface area contributed by atoms with Gasteiger partial charge in [0.25, 0.3) is 0 Å². The van der Waals surface area contributed by atoms with E-state index in [0.717, 1.165) is 25.3 Å². The van der Waals surface area contributed by atoms with Gasteiger partial charge in [0.2, 0.25) is 0 Å². The maximum Gasteiger partial charge on any atom is 0.118 e. The molecule has 0 unspecified atom stereocenters. The summed E-state index contributed by atoms with van der Waals surface area (Å²) >= 11 is 0. The zero-order chi connectivity index (χ0) is 18.0. The molecule has 1 aliphatic heterocycles. The number of methoxy groups -OCH3 is 1. The van der Waals surface area contributed by atoms with Crippen LogP contribution in [0.15, 0.2) is 48.5 Å². The maximum absolute atomic E-state index is 9.92. The number of phenolic OH excluding ortho intramolecular Hbond substituents is 1. The molecule has 2 fully saturated rings. The van der Waals surface area contributed by atoms with Crippen molar-refractivity contribution in [2.75, 3.05) is 20.2 Å². The second kappa shape index (κ2) is 7.32. The zero-order valence-corrected chi connectivity index (χ0v) is 15.7. The van der Waals surface area contributed by atoms with Crippen molar-refractivity contribution >= 4 is 0 Å². The number of likely N-dealkylation sites (tertiary alicyclic amines) is 1. The molecule has 2 atom stereocenters. The van der Waals surface area contributed by atoms with E-state index < -0.39 is 0 Å². The molecule has 138 valence electrons. The number of fused-ring (bicyclic) bond motifs is 2. The van der Waals surface area contributed by atoms with Gasteiger partial charge in [-0.3, -0.25) is 4.90 Å². The molecule has 0 amide bonds. The van der Waals surface area contributed by atoms with Crippen LogP contribution in [0.3, 0.4) is 0 Å². The number of rotatable bonds is 5. The van der Waals surface area contributed by atoms with E-state index in [4.69, 9.17) is 4.74 Å². The minimum atomic E-state index is 0.276. The number of piperidine rings is 1. The molecule has 2 aliphatic rings. The van der Waals surface area contributed by atoms with Gasteiger partial charge in [0.05, 0.1) is 7.11 Å². The van der Waals surface area contributed by atoms with Gasteiger partial charge in [-0.15, -0.1) is 0 Å². The molecule has 1 aliphatic carbocycles. The highest BCUT2D eigenvalue weighted by Gasteiger charge is 2.43. The largest absolute Gasteiger partial charge is 0.508 e. The van der Waals surface area contributed by atoms with Crippen LogP contribution < -0.4 is 4.74 Å². The monoisotopic (exact) mass is 351 g/mol. The number of benzene rings is 2. The molecule has 2 bridgehead atoms. The lowest BCUT2D eigenvalue weighted by Gasteiger charge is -2.51. The van der Waals surface area contributed by atoms with Gasteiger partial charge in [-0.2, -0.15) is 0 Å². The molecule has 0 spiro atoms. The Kier molecular flexibility index (Phi) is 4.90. The van der Waals surface area contributed by atoms with Crippen LogP contribution in [0.2, 0.25) is 0 Å². The predicted molar refractivity (Wildman–Crippen MR) is 105 cm³/mol. The quantitative estimate of drug-likeness (QED) is 0.859. The number of hydrogen-bond donors (Lipinski definition) is 1. The van der Waals surface area contributed by atoms with Gasteiger partial charge in [-0.25, -0.2) is 0 Å². The number of phenols is 1. The number of aromatic hydroxyl groups is 1. The van der Waals surface area contributed by atoms with Crippen molar-refractivity contribution in [3.8, 4) is 11.5 Å². The first-order valence-corrected chi connectivity index (χ1v) is 9.85. The van der Waals surface area contributed by atoms with E-state index in [2.05, 4.69) is 35.2 Å². The summed E-state index contributed by atoms with van der Waals surface area (Å²) in [6.45, 7) is 2.30. The molecular formula is C23H29NO2. The van der Waals surface area contributed by atoms with Gasteiger partial charge in [0, 0.05) is 12.6 Å². The standard InChI is InChI=1S/C23H29NO2/c1-26-22-9-7-18(8-10-22)11-14-24-15-13-23(12-3-5-20(24)17-23)19-4-2-6-21(25)16-19/h2,4,6-10,16,20,25H,3,5,11-15,17H2,1H3/t20-,23+/m0/s1.